The fourth-order valence-corrected chi connectivity index (χ4v) is 3.66. The highest BCUT2D eigenvalue weighted by molar-refractivity contribution is 7.87. The third kappa shape index (κ3) is 6.29. The summed E-state index contributed by atoms with van der Waals surface area (Å²) in [4.78, 5) is 24.9. The molecule has 0 unspecified atom stereocenters. The van der Waals surface area contributed by atoms with E-state index >= 15 is 0 Å². The molecule has 1 aromatic carbocycles. The Morgan fingerprint density at radius 2 is 1.81 bits per heavy atom. The van der Waals surface area contributed by atoms with Crippen molar-refractivity contribution < 1.29 is 26.9 Å². The molecule has 0 aliphatic carbocycles. The van der Waals surface area contributed by atoms with E-state index in [1.165, 1.54) is 31.2 Å². The quantitative estimate of drug-likeness (QED) is 0.542. The first-order chi connectivity index (χ1) is 12.8. The van der Waals surface area contributed by atoms with Crippen LogP contribution < -0.4 is 4.74 Å². The van der Waals surface area contributed by atoms with Crippen LogP contribution in [-0.4, -0.2) is 44.9 Å². The summed E-state index contributed by atoms with van der Waals surface area (Å²) in [6.07, 6.45) is 1.32. The second-order valence-electron chi connectivity index (χ2n) is 6.25. The number of hydrogen-bond donors (Lipinski definition) is 0. The smallest absolute Gasteiger partial charge is 0.341 e. The SMILES string of the molecule is CC#CCOc1ccc(S(=O)(=O)OC(=O)CC2CCN(C(C)=O)CC2)cc1. The average molecular weight is 393 g/mol. The highest BCUT2D eigenvalue weighted by Gasteiger charge is 2.26. The van der Waals surface area contributed by atoms with Crippen LogP contribution in [0.15, 0.2) is 29.2 Å². The zero-order valence-corrected chi connectivity index (χ0v) is 16.3. The lowest BCUT2D eigenvalue weighted by Crippen LogP contribution is -2.37. The van der Waals surface area contributed by atoms with E-state index in [1.54, 1.807) is 11.8 Å². The molecule has 7 nitrogen and oxygen atoms in total. The van der Waals surface area contributed by atoms with Crippen molar-refractivity contribution in [3.05, 3.63) is 24.3 Å². The Kier molecular flexibility index (Phi) is 7.25. The van der Waals surface area contributed by atoms with Crippen LogP contribution >= 0.6 is 0 Å². The van der Waals surface area contributed by atoms with Crippen LogP contribution in [0.1, 0.15) is 33.1 Å². The summed E-state index contributed by atoms with van der Waals surface area (Å²) in [5.41, 5.74) is 0. The Labute approximate surface area is 159 Å². The summed E-state index contributed by atoms with van der Waals surface area (Å²) < 4.78 is 34.5. The molecule has 0 saturated carbocycles. The topological polar surface area (TPSA) is 90.0 Å². The van der Waals surface area contributed by atoms with Crippen LogP contribution in [-0.2, 0) is 23.9 Å². The molecule has 0 spiro atoms. The molecular formula is C19H23NO6S. The van der Waals surface area contributed by atoms with Crippen molar-refractivity contribution in [1.29, 1.82) is 0 Å². The van der Waals surface area contributed by atoms with Gasteiger partial charge in [0.1, 0.15) is 17.3 Å². The second kappa shape index (κ2) is 9.42. The highest BCUT2D eigenvalue weighted by Crippen LogP contribution is 2.23. The molecule has 1 aliphatic heterocycles. The standard InChI is InChI=1S/C19H23NO6S/c1-3-4-13-25-17-5-7-18(8-6-17)27(23,24)26-19(22)14-16-9-11-20(12-10-16)15(2)21/h5-8,16H,9-14H2,1-2H3. The van der Waals surface area contributed by atoms with E-state index in [1.807, 2.05) is 0 Å². The van der Waals surface area contributed by atoms with Crippen molar-refractivity contribution in [2.24, 2.45) is 5.92 Å². The van der Waals surface area contributed by atoms with Gasteiger partial charge in [-0.15, -0.1) is 5.92 Å². The zero-order chi connectivity index (χ0) is 19.9. The van der Waals surface area contributed by atoms with Crippen molar-refractivity contribution in [1.82, 2.24) is 4.90 Å². The van der Waals surface area contributed by atoms with Crippen molar-refractivity contribution in [2.75, 3.05) is 19.7 Å². The summed E-state index contributed by atoms with van der Waals surface area (Å²) in [7, 11) is -4.17. The molecule has 0 atom stereocenters. The Morgan fingerprint density at radius 3 is 2.37 bits per heavy atom. The number of piperidine rings is 1. The van der Waals surface area contributed by atoms with Gasteiger partial charge in [-0.05, 0) is 49.9 Å². The normalized spacial score (nSPS) is 14.8. The molecule has 1 aromatic rings. The molecule has 27 heavy (non-hydrogen) atoms. The van der Waals surface area contributed by atoms with Crippen LogP contribution in [0.25, 0.3) is 0 Å². The number of carbonyl (C=O) groups excluding carboxylic acids is 2. The molecule has 1 fully saturated rings. The second-order valence-corrected chi connectivity index (χ2v) is 7.80. The van der Waals surface area contributed by atoms with Gasteiger partial charge in [-0.1, -0.05) is 5.92 Å². The fraction of sp³-hybridized carbons (Fsp3) is 0.474. The first-order valence-corrected chi connectivity index (χ1v) is 10.1. The van der Waals surface area contributed by atoms with E-state index in [0.29, 0.717) is 31.7 Å². The molecule has 0 N–H and O–H groups in total. The van der Waals surface area contributed by atoms with Gasteiger partial charge in [0, 0.05) is 26.4 Å². The third-order valence-electron chi connectivity index (χ3n) is 4.32. The molecule has 1 amide bonds. The van der Waals surface area contributed by atoms with E-state index in [9.17, 15) is 18.0 Å². The van der Waals surface area contributed by atoms with Crippen LogP contribution in [0.5, 0.6) is 5.75 Å². The highest BCUT2D eigenvalue weighted by atomic mass is 32.2. The Bertz CT molecular complexity index is 827. The largest absolute Gasteiger partial charge is 0.481 e. The molecule has 1 saturated heterocycles. The molecule has 2 rings (SSSR count). The van der Waals surface area contributed by atoms with Gasteiger partial charge in [0.2, 0.25) is 5.91 Å². The van der Waals surface area contributed by atoms with E-state index < -0.39 is 16.1 Å². The minimum Gasteiger partial charge on any atom is -0.481 e. The number of benzene rings is 1. The van der Waals surface area contributed by atoms with Crippen molar-refractivity contribution >= 4 is 22.0 Å². The van der Waals surface area contributed by atoms with Crippen LogP contribution in [0.4, 0.5) is 0 Å². The first-order valence-electron chi connectivity index (χ1n) is 8.67. The van der Waals surface area contributed by atoms with Crippen LogP contribution in [0.2, 0.25) is 0 Å². The summed E-state index contributed by atoms with van der Waals surface area (Å²) >= 11 is 0. The summed E-state index contributed by atoms with van der Waals surface area (Å²) in [6.45, 7) is 4.56. The number of nitrogens with zero attached hydrogens (tertiary/aromatic N) is 1. The lowest BCUT2D eigenvalue weighted by atomic mass is 9.94. The number of amides is 1. The first kappa shape index (κ1) is 20.8. The average Bonchev–Trinajstić information content (AvgIpc) is 2.62. The molecule has 146 valence electrons. The van der Waals surface area contributed by atoms with Gasteiger partial charge in [-0.2, -0.15) is 8.42 Å². The Balaban J connectivity index is 1.88. The van der Waals surface area contributed by atoms with Gasteiger partial charge in [0.15, 0.2) is 0 Å². The Hall–Kier alpha value is -2.53. The molecule has 1 aliphatic rings. The minimum absolute atomic E-state index is 0.00719. The van der Waals surface area contributed by atoms with Gasteiger partial charge in [0.25, 0.3) is 0 Å². The minimum atomic E-state index is -4.17. The maximum Gasteiger partial charge on any atom is 0.341 e. The van der Waals surface area contributed by atoms with Gasteiger partial charge in [-0.3, -0.25) is 9.59 Å². The van der Waals surface area contributed by atoms with E-state index in [4.69, 9.17) is 8.92 Å². The van der Waals surface area contributed by atoms with E-state index in [0.717, 1.165) is 0 Å². The fourth-order valence-electron chi connectivity index (χ4n) is 2.79. The molecule has 0 radical (unpaired) electrons. The van der Waals surface area contributed by atoms with Gasteiger partial charge in [0.05, 0.1) is 0 Å². The maximum absolute atomic E-state index is 12.2. The number of rotatable bonds is 6. The maximum atomic E-state index is 12.2. The van der Waals surface area contributed by atoms with Crippen LogP contribution in [0.3, 0.4) is 0 Å². The van der Waals surface area contributed by atoms with E-state index in [2.05, 4.69) is 11.8 Å². The summed E-state index contributed by atoms with van der Waals surface area (Å²) in [5, 5.41) is 0. The van der Waals surface area contributed by atoms with Crippen molar-refractivity contribution in [3.8, 4) is 17.6 Å². The van der Waals surface area contributed by atoms with E-state index in [-0.39, 0.29) is 29.7 Å². The summed E-state index contributed by atoms with van der Waals surface area (Å²) in [6, 6.07) is 5.61. The Morgan fingerprint density at radius 1 is 1.19 bits per heavy atom. The predicted molar refractivity (Wildman–Crippen MR) is 98.3 cm³/mol. The molecule has 0 aromatic heterocycles. The zero-order valence-electron chi connectivity index (χ0n) is 15.4. The van der Waals surface area contributed by atoms with Crippen molar-refractivity contribution in [2.45, 2.75) is 38.0 Å². The predicted octanol–water partition coefficient (Wildman–Crippen LogP) is 1.97. The number of ether oxygens (including phenoxy) is 1. The molecular weight excluding hydrogens is 370 g/mol. The molecule has 0 bridgehead atoms. The van der Waals surface area contributed by atoms with Gasteiger partial charge in [-0.25, -0.2) is 0 Å². The lowest BCUT2D eigenvalue weighted by Gasteiger charge is -2.30. The number of hydrogen-bond acceptors (Lipinski definition) is 6. The van der Waals surface area contributed by atoms with Crippen LogP contribution in [0, 0.1) is 17.8 Å². The summed E-state index contributed by atoms with van der Waals surface area (Å²) in [5.74, 6) is 5.13. The lowest BCUT2D eigenvalue weighted by molar-refractivity contribution is -0.135. The van der Waals surface area contributed by atoms with Crippen molar-refractivity contribution in [3.63, 3.8) is 0 Å². The van der Waals surface area contributed by atoms with Gasteiger partial charge >= 0.3 is 16.1 Å². The molecule has 8 heteroatoms. The monoisotopic (exact) mass is 393 g/mol. The third-order valence-corrected chi connectivity index (χ3v) is 5.57. The molecule has 1 heterocycles. The number of carbonyl (C=O) groups is 2. The van der Waals surface area contributed by atoms with Gasteiger partial charge < -0.3 is 13.8 Å². The number of likely N-dealkylation sites (tertiary alicyclic amines) is 1.